The van der Waals surface area contributed by atoms with Crippen LogP contribution in [0.5, 0.6) is 5.75 Å². The second-order valence-electron chi connectivity index (χ2n) is 6.19. The first-order valence-electron chi connectivity index (χ1n) is 8.03. The standard InChI is InChI=1S/C17H14F3N3O3/c18-17(19,20)25-13-4-1-3-11(9-13)16(6-2-7-16)15-21-14(23-26-15)10-12-5-8-24-22-12/h1,3-5,8-9H,2,6-7,10H2. The van der Waals surface area contributed by atoms with Gasteiger partial charge in [0.15, 0.2) is 5.82 Å². The number of hydrogen-bond acceptors (Lipinski definition) is 6. The number of aromatic nitrogens is 3. The maximum Gasteiger partial charge on any atom is 0.573 e. The fourth-order valence-electron chi connectivity index (χ4n) is 3.16. The summed E-state index contributed by atoms with van der Waals surface area (Å²) >= 11 is 0. The maximum absolute atomic E-state index is 12.5. The summed E-state index contributed by atoms with van der Waals surface area (Å²) < 4.78 is 51.7. The van der Waals surface area contributed by atoms with E-state index in [1.165, 1.54) is 24.5 Å². The highest BCUT2D eigenvalue weighted by atomic mass is 19.4. The van der Waals surface area contributed by atoms with Gasteiger partial charge in [0.1, 0.15) is 12.0 Å². The molecule has 26 heavy (non-hydrogen) atoms. The Morgan fingerprint density at radius 1 is 1.15 bits per heavy atom. The predicted molar refractivity (Wildman–Crippen MR) is 81.4 cm³/mol. The molecule has 0 atom stereocenters. The van der Waals surface area contributed by atoms with Gasteiger partial charge in [0.2, 0.25) is 5.89 Å². The van der Waals surface area contributed by atoms with Gasteiger partial charge < -0.3 is 13.8 Å². The largest absolute Gasteiger partial charge is 0.573 e. The zero-order valence-corrected chi connectivity index (χ0v) is 13.5. The molecule has 9 heteroatoms. The number of hydrogen-bond donors (Lipinski definition) is 0. The third-order valence-electron chi connectivity index (χ3n) is 4.54. The number of nitrogens with zero attached hydrogens (tertiary/aromatic N) is 3. The van der Waals surface area contributed by atoms with Gasteiger partial charge in [-0.05, 0) is 30.5 Å². The van der Waals surface area contributed by atoms with E-state index in [4.69, 9.17) is 9.05 Å². The van der Waals surface area contributed by atoms with Crippen LogP contribution in [0.1, 0.15) is 42.2 Å². The van der Waals surface area contributed by atoms with Crippen molar-refractivity contribution in [1.82, 2.24) is 15.3 Å². The van der Waals surface area contributed by atoms with Crippen LogP contribution in [0.4, 0.5) is 13.2 Å². The van der Waals surface area contributed by atoms with Crippen LogP contribution in [0.15, 0.2) is 45.6 Å². The highest BCUT2D eigenvalue weighted by molar-refractivity contribution is 5.40. The Labute approximate surface area is 145 Å². The summed E-state index contributed by atoms with van der Waals surface area (Å²) in [6.07, 6.45) is -0.572. The summed E-state index contributed by atoms with van der Waals surface area (Å²) in [5.41, 5.74) is 0.753. The summed E-state index contributed by atoms with van der Waals surface area (Å²) in [4.78, 5) is 4.44. The van der Waals surface area contributed by atoms with E-state index in [0.717, 1.165) is 6.42 Å². The molecule has 0 spiro atoms. The molecule has 0 bridgehead atoms. The highest BCUT2D eigenvalue weighted by Gasteiger charge is 2.46. The normalized spacial score (nSPS) is 16.3. The van der Waals surface area contributed by atoms with Crippen molar-refractivity contribution in [2.45, 2.75) is 37.5 Å². The molecule has 1 aromatic carbocycles. The van der Waals surface area contributed by atoms with E-state index < -0.39 is 11.8 Å². The van der Waals surface area contributed by atoms with Crippen molar-refractivity contribution in [2.24, 2.45) is 0 Å². The Morgan fingerprint density at radius 2 is 2.00 bits per heavy atom. The van der Waals surface area contributed by atoms with Gasteiger partial charge in [-0.2, -0.15) is 4.98 Å². The van der Waals surface area contributed by atoms with Gasteiger partial charge in [-0.3, -0.25) is 0 Å². The molecular formula is C17H14F3N3O3. The summed E-state index contributed by atoms with van der Waals surface area (Å²) in [5, 5.41) is 7.77. The number of alkyl halides is 3. The van der Waals surface area contributed by atoms with Crippen molar-refractivity contribution in [1.29, 1.82) is 0 Å². The zero-order chi connectivity index (χ0) is 18.2. The first-order chi connectivity index (χ1) is 12.4. The van der Waals surface area contributed by atoms with Crippen LogP contribution in [-0.4, -0.2) is 21.7 Å². The van der Waals surface area contributed by atoms with Crippen LogP contribution in [0.25, 0.3) is 0 Å². The Balaban J connectivity index is 1.62. The van der Waals surface area contributed by atoms with E-state index in [1.54, 1.807) is 12.1 Å². The van der Waals surface area contributed by atoms with E-state index in [2.05, 4.69) is 20.0 Å². The van der Waals surface area contributed by atoms with Gasteiger partial charge >= 0.3 is 6.36 Å². The van der Waals surface area contributed by atoms with E-state index in [0.29, 0.717) is 42.2 Å². The third kappa shape index (κ3) is 3.16. The Hall–Kier alpha value is -2.84. The third-order valence-corrected chi connectivity index (χ3v) is 4.54. The average molecular weight is 365 g/mol. The van der Waals surface area contributed by atoms with Gasteiger partial charge in [0.05, 0.1) is 17.5 Å². The quantitative estimate of drug-likeness (QED) is 0.680. The lowest BCUT2D eigenvalue weighted by Crippen LogP contribution is -2.36. The number of ether oxygens (including phenoxy) is 1. The van der Waals surface area contributed by atoms with Crippen molar-refractivity contribution >= 4 is 0 Å². The molecule has 0 radical (unpaired) electrons. The molecule has 1 aliphatic rings. The van der Waals surface area contributed by atoms with Crippen LogP contribution in [0.3, 0.4) is 0 Å². The lowest BCUT2D eigenvalue weighted by molar-refractivity contribution is -0.274. The molecular weight excluding hydrogens is 351 g/mol. The average Bonchev–Trinajstić information content (AvgIpc) is 3.18. The Bertz CT molecular complexity index is 886. The SMILES string of the molecule is FC(F)(F)Oc1cccc(C2(c3nc(Cc4ccon4)no3)CCC2)c1. The molecule has 0 amide bonds. The van der Waals surface area contributed by atoms with Crippen LogP contribution in [0, 0.1) is 0 Å². The molecule has 6 nitrogen and oxygen atoms in total. The second kappa shape index (κ2) is 6.15. The van der Waals surface area contributed by atoms with Gasteiger partial charge in [0.25, 0.3) is 0 Å². The molecule has 0 aliphatic heterocycles. The molecule has 0 N–H and O–H groups in total. The number of rotatable bonds is 5. The number of benzene rings is 1. The van der Waals surface area contributed by atoms with E-state index in [-0.39, 0.29) is 5.75 Å². The van der Waals surface area contributed by atoms with Crippen LogP contribution in [0.2, 0.25) is 0 Å². The first-order valence-corrected chi connectivity index (χ1v) is 8.03. The predicted octanol–water partition coefficient (Wildman–Crippen LogP) is 4.02. The monoisotopic (exact) mass is 365 g/mol. The molecule has 3 aromatic rings. The molecule has 0 unspecified atom stereocenters. The minimum atomic E-state index is -4.74. The zero-order valence-electron chi connectivity index (χ0n) is 13.5. The molecule has 0 saturated heterocycles. The molecule has 1 aliphatic carbocycles. The molecule has 1 saturated carbocycles. The van der Waals surface area contributed by atoms with Gasteiger partial charge in [-0.15, -0.1) is 13.2 Å². The molecule has 136 valence electrons. The molecule has 2 heterocycles. The van der Waals surface area contributed by atoms with E-state index in [9.17, 15) is 13.2 Å². The van der Waals surface area contributed by atoms with Crippen LogP contribution < -0.4 is 4.74 Å². The molecule has 4 rings (SSSR count). The fraction of sp³-hybridized carbons (Fsp3) is 0.353. The van der Waals surface area contributed by atoms with Crippen LogP contribution in [-0.2, 0) is 11.8 Å². The van der Waals surface area contributed by atoms with Crippen LogP contribution >= 0.6 is 0 Å². The summed E-state index contributed by atoms with van der Waals surface area (Å²) in [5.74, 6) is 0.581. The van der Waals surface area contributed by atoms with Crippen molar-refractivity contribution in [3.63, 3.8) is 0 Å². The molecule has 2 aromatic heterocycles. The minimum Gasteiger partial charge on any atom is -0.406 e. The number of halogens is 3. The Morgan fingerprint density at radius 3 is 2.65 bits per heavy atom. The van der Waals surface area contributed by atoms with Gasteiger partial charge in [-0.1, -0.05) is 28.9 Å². The minimum absolute atomic E-state index is 0.261. The van der Waals surface area contributed by atoms with Gasteiger partial charge in [0, 0.05) is 6.07 Å². The smallest absolute Gasteiger partial charge is 0.406 e. The lowest BCUT2D eigenvalue weighted by Gasteiger charge is -2.39. The van der Waals surface area contributed by atoms with E-state index >= 15 is 0 Å². The Kier molecular flexibility index (Phi) is 3.93. The lowest BCUT2D eigenvalue weighted by atomic mass is 9.64. The first kappa shape index (κ1) is 16.6. The summed E-state index contributed by atoms with van der Waals surface area (Å²) in [7, 11) is 0. The van der Waals surface area contributed by atoms with Crippen molar-refractivity contribution in [3.8, 4) is 5.75 Å². The summed E-state index contributed by atoms with van der Waals surface area (Å²) in [6.45, 7) is 0. The maximum atomic E-state index is 12.5. The van der Waals surface area contributed by atoms with Crippen molar-refractivity contribution in [2.75, 3.05) is 0 Å². The molecule has 1 fully saturated rings. The topological polar surface area (TPSA) is 74.2 Å². The van der Waals surface area contributed by atoms with Gasteiger partial charge in [-0.25, -0.2) is 0 Å². The summed E-state index contributed by atoms with van der Waals surface area (Å²) in [6, 6.07) is 7.64. The second-order valence-corrected chi connectivity index (χ2v) is 6.19. The highest BCUT2D eigenvalue weighted by Crippen LogP contribution is 2.49. The van der Waals surface area contributed by atoms with E-state index in [1.807, 2.05) is 0 Å². The van der Waals surface area contributed by atoms with Crippen molar-refractivity contribution < 1.29 is 27.0 Å². The fourth-order valence-corrected chi connectivity index (χ4v) is 3.16. The van der Waals surface area contributed by atoms with Crippen molar-refractivity contribution in [3.05, 3.63) is 59.6 Å².